The molecule has 15 atom stereocenters. The van der Waals surface area contributed by atoms with Gasteiger partial charge in [0.25, 0.3) is 0 Å². The summed E-state index contributed by atoms with van der Waals surface area (Å²) < 4.78 is 36.6. The standard InChI is InChI=1S/C51H82N8O21S/c1-4-5-6-7-8-9-10-11-12-13-14-15-16-17-37(66)53-30-22-34(64)47(72)57-49(74)41-42(67)26(2)24-59(41)51(76)39(33(63)23-36(52)65)55-48(73)40(44(69)43(68)28-18-19-32(62)35(20-28)80-81(77,78)79)56-46(71)31-21-29(61)25-58(31)50(75)38(27(3)60)54-45(30)70/h18-20,26-27,29-31,33-34,38-44,47,60-64,67-69,72H,4-17,21-25H2,1-3H3,(H2,52,65)(H,53,66)(H,54,70)(H,55,73)(H,56,71)(H,57,74)(H,77,78,79). The third-order valence-electron chi connectivity index (χ3n) is 14.6. The summed E-state index contributed by atoms with van der Waals surface area (Å²) in [6, 6.07) is -10.5. The highest BCUT2D eigenvalue weighted by molar-refractivity contribution is 7.81. The minimum Gasteiger partial charge on any atom is -0.504 e. The highest BCUT2D eigenvalue weighted by atomic mass is 32.3. The number of phenols is 1. The van der Waals surface area contributed by atoms with Crippen LogP contribution in [0, 0.1) is 5.92 Å². The Morgan fingerprint density at radius 3 is 1.86 bits per heavy atom. The molecule has 3 aliphatic rings. The van der Waals surface area contributed by atoms with Crippen molar-refractivity contribution in [1.82, 2.24) is 36.4 Å². The lowest BCUT2D eigenvalue weighted by Crippen LogP contribution is -2.64. The van der Waals surface area contributed by atoms with Crippen LogP contribution in [0.25, 0.3) is 0 Å². The summed E-state index contributed by atoms with van der Waals surface area (Å²) >= 11 is 0. The second-order valence-electron chi connectivity index (χ2n) is 21.3. The van der Waals surface area contributed by atoms with E-state index in [4.69, 9.17) is 5.73 Å². The number of aromatic hydroxyl groups is 1. The first kappa shape index (κ1) is 67.7. The van der Waals surface area contributed by atoms with E-state index in [-0.39, 0.29) is 6.42 Å². The van der Waals surface area contributed by atoms with Gasteiger partial charge in [-0.3, -0.25) is 42.9 Å². The summed E-state index contributed by atoms with van der Waals surface area (Å²) in [5, 5.41) is 111. The van der Waals surface area contributed by atoms with Crippen LogP contribution >= 0.6 is 0 Å². The molecule has 8 amide bonds. The summed E-state index contributed by atoms with van der Waals surface area (Å²) in [4.78, 5) is 113. The summed E-state index contributed by atoms with van der Waals surface area (Å²) in [6.07, 6.45) is -6.43. The fourth-order valence-electron chi connectivity index (χ4n) is 10.1. The van der Waals surface area contributed by atoms with Crippen LogP contribution in [0.3, 0.4) is 0 Å². The molecule has 0 bridgehead atoms. The minimum atomic E-state index is -5.33. The number of nitrogens with one attached hydrogen (secondary N) is 5. The Balaban J connectivity index is 1.74. The zero-order valence-electron chi connectivity index (χ0n) is 45.7. The third-order valence-corrected chi connectivity index (χ3v) is 15.0. The average molecular weight is 1180 g/mol. The molecule has 3 saturated heterocycles. The Labute approximate surface area is 469 Å². The number of nitrogens with two attached hydrogens (primary N) is 1. The number of fused-ring (bicyclic) bond motifs is 2. The molecule has 1 aromatic rings. The molecule has 15 unspecified atom stereocenters. The van der Waals surface area contributed by atoms with Crippen molar-refractivity contribution in [3.05, 3.63) is 23.8 Å². The van der Waals surface area contributed by atoms with Crippen molar-refractivity contribution in [3.63, 3.8) is 0 Å². The number of phenolic OH excluding ortho intramolecular Hbond substituents is 1. The van der Waals surface area contributed by atoms with Crippen LogP contribution in [0.2, 0.25) is 0 Å². The van der Waals surface area contributed by atoms with E-state index in [9.17, 15) is 97.3 Å². The number of aliphatic hydroxyl groups excluding tert-OH is 8. The van der Waals surface area contributed by atoms with Crippen LogP contribution in [0.1, 0.15) is 142 Å². The van der Waals surface area contributed by atoms with Gasteiger partial charge in [-0.25, -0.2) is 0 Å². The first-order chi connectivity index (χ1) is 38.1. The van der Waals surface area contributed by atoms with Gasteiger partial charge in [-0.2, -0.15) is 8.42 Å². The molecule has 3 fully saturated rings. The van der Waals surface area contributed by atoms with Gasteiger partial charge in [0, 0.05) is 38.3 Å². The second kappa shape index (κ2) is 31.6. The first-order valence-electron chi connectivity index (χ1n) is 27.4. The van der Waals surface area contributed by atoms with Crippen LogP contribution in [-0.4, -0.2) is 208 Å². The van der Waals surface area contributed by atoms with E-state index < -0.39 is 198 Å². The van der Waals surface area contributed by atoms with Crippen LogP contribution in [0.15, 0.2) is 18.2 Å². The van der Waals surface area contributed by atoms with Gasteiger partial charge in [0.05, 0.1) is 30.8 Å². The predicted molar refractivity (Wildman–Crippen MR) is 282 cm³/mol. The molecule has 0 saturated carbocycles. The van der Waals surface area contributed by atoms with Crippen molar-refractivity contribution in [2.75, 3.05) is 13.1 Å². The number of unbranched alkanes of at least 4 members (excludes halogenated alkanes) is 12. The number of carbonyl (C=O) groups excluding carboxylic acids is 8. The van der Waals surface area contributed by atoms with Crippen molar-refractivity contribution in [3.8, 4) is 11.5 Å². The molecule has 458 valence electrons. The maximum absolute atomic E-state index is 14.6. The molecule has 0 aliphatic carbocycles. The van der Waals surface area contributed by atoms with E-state index in [1.807, 2.05) is 10.6 Å². The van der Waals surface area contributed by atoms with Crippen LogP contribution in [-0.2, 0) is 48.8 Å². The molecular weight excluding hydrogens is 1090 g/mol. The number of rotatable bonds is 24. The summed E-state index contributed by atoms with van der Waals surface area (Å²) in [6.45, 7) is 3.39. The lowest BCUT2D eigenvalue weighted by atomic mass is 9.96. The van der Waals surface area contributed by atoms with Crippen molar-refractivity contribution < 1.29 is 101 Å². The van der Waals surface area contributed by atoms with Crippen molar-refractivity contribution >= 4 is 57.7 Å². The number of aliphatic hydroxyl groups is 8. The molecule has 1 aromatic carbocycles. The highest BCUT2D eigenvalue weighted by Gasteiger charge is 2.51. The largest absolute Gasteiger partial charge is 0.504 e. The van der Waals surface area contributed by atoms with Gasteiger partial charge in [-0.05, 0) is 31.0 Å². The van der Waals surface area contributed by atoms with E-state index >= 15 is 0 Å². The number of nitrogens with zero attached hydrogens (tertiary/aromatic N) is 2. The van der Waals surface area contributed by atoms with Crippen LogP contribution in [0.4, 0.5) is 0 Å². The normalized spacial score (nSPS) is 28.0. The first-order valence-corrected chi connectivity index (χ1v) is 28.8. The molecule has 30 heteroatoms. The minimum absolute atomic E-state index is 0.114. The van der Waals surface area contributed by atoms with Crippen molar-refractivity contribution in [2.24, 2.45) is 11.7 Å². The topological polar surface area (TPSA) is 475 Å². The Morgan fingerprint density at radius 1 is 0.741 bits per heavy atom. The van der Waals surface area contributed by atoms with Crippen LogP contribution in [0.5, 0.6) is 11.5 Å². The number of hydrogen-bond acceptors (Lipinski definition) is 20. The van der Waals surface area contributed by atoms with E-state index in [2.05, 4.69) is 27.1 Å². The number of benzene rings is 1. The molecule has 4 rings (SSSR count). The fraction of sp³-hybridized carbons (Fsp3) is 0.725. The smallest absolute Gasteiger partial charge is 0.446 e. The Bertz CT molecular complexity index is 2440. The number of carbonyl (C=O) groups is 8. The Hall–Kier alpha value is -5.83. The van der Waals surface area contributed by atoms with E-state index in [1.165, 1.54) is 45.4 Å². The van der Waals surface area contributed by atoms with Crippen LogP contribution < -0.4 is 36.5 Å². The van der Waals surface area contributed by atoms with Gasteiger partial charge in [0.15, 0.2) is 17.7 Å². The molecule has 0 aromatic heterocycles. The van der Waals surface area contributed by atoms with Gasteiger partial charge < -0.3 is 92.3 Å². The monoisotopic (exact) mass is 1170 g/mol. The Kier molecular flexibility index (Phi) is 26.4. The lowest BCUT2D eigenvalue weighted by Gasteiger charge is -2.34. The summed E-state index contributed by atoms with van der Waals surface area (Å²) in [5.41, 5.74) is 4.75. The maximum Gasteiger partial charge on any atom is 0.446 e. The highest BCUT2D eigenvalue weighted by Crippen LogP contribution is 2.33. The van der Waals surface area contributed by atoms with Gasteiger partial charge in [-0.15, -0.1) is 0 Å². The molecular formula is C51H82N8O21S. The fourth-order valence-corrected chi connectivity index (χ4v) is 10.4. The predicted octanol–water partition coefficient (Wildman–Crippen LogP) is -3.63. The van der Waals surface area contributed by atoms with Gasteiger partial charge in [0.2, 0.25) is 47.3 Å². The molecule has 3 aliphatic heterocycles. The number of primary amides is 1. The molecule has 3 heterocycles. The van der Waals surface area contributed by atoms with E-state index in [0.29, 0.717) is 28.7 Å². The molecule has 29 nitrogen and oxygen atoms in total. The van der Waals surface area contributed by atoms with Gasteiger partial charge >= 0.3 is 10.4 Å². The SMILES string of the molecule is CCCCCCCCCCCCCCCC(=O)NC1CC(O)C(O)NC(=O)C2C(O)C(C)CN2C(=O)C(C(O)CC(N)=O)NC(=O)C(C(O)C(O)c2ccc(O)c(OS(=O)(=O)O)c2)NC(=O)C2CC(O)CN2C(=O)C(C(C)O)NC1=O. The molecule has 0 radical (unpaired) electrons. The third kappa shape index (κ3) is 19.9. The molecule has 81 heavy (non-hydrogen) atoms. The Morgan fingerprint density at radius 2 is 1.30 bits per heavy atom. The lowest BCUT2D eigenvalue weighted by molar-refractivity contribution is -0.149. The average Bonchev–Trinajstić information content (AvgIpc) is 3.94. The van der Waals surface area contributed by atoms with E-state index in [0.717, 1.165) is 51.2 Å². The summed E-state index contributed by atoms with van der Waals surface area (Å²) in [5.74, 6) is -13.3. The second-order valence-corrected chi connectivity index (χ2v) is 22.3. The zero-order chi connectivity index (χ0) is 60.5. The zero-order valence-corrected chi connectivity index (χ0v) is 46.5. The maximum atomic E-state index is 14.6. The van der Waals surface area contributed by atoms with Crippen molar-refractivity contribution in [2.45, 2.75) is 215 Å². The molecule has 0 spiro atoms. The number of amides is 8. The van der Waals surface area contributed by atoms with Crippen molar-refractivity contribution in [1.29, 1.82) is 0 Å². The number of hydrogen-bond donors (Lipinski definition) is 16. The van der Waals surface area contributed by atoms with Gasteiger partial charge in [0.1, 0.15) is 54.6 Å². The molecule has 17 N–H and O–H groups in total. The quantitative estimate of drug-likeness (QED) is 0.0351. The van der Waals surface area contributed by atoms with Gasteiger partial charge in [-0.1, -0.05) is 97.0 Å². The van der Waals surface area contributed by atoms with E-state index in [1.54, 1.807) is 0 Å². The summed E-state index contributed by atoms with van der Waals surface area (Å²) in [7, 11) is -5.33.